The van der Waals surface area contributed by atoms with Gasteiger partial charge in [0.1, 0.15) is 0 Å². The lowest BCUT2D eigenvalue weighted by Gasteiger charge is -2.17. The zero-order valence-corrected chi connectivity index (χ0v) is 11.8. The Bertz CT molecular complexity index is 289. The lowest BCUT2D eigenvalue weighted by atomic mass is 9.96. The van der Waals surface area contributed by atoms with Gasteiger partial charge in [-0.3, -0.25) is 9.32 Å². The average molecular weight is 266 g/mol. The molecule has 0 aliphatic rings. The minimum Gasteiger partial charge on any atom is -0.356 e. The number of hydrogen-bond acceptors (Lipinski definition) is 3. The molecule has 102 valence electrons. The van der Waals surface area contributed by atoms with Crippen molar-refractivity contribution < 1.29 is 18.8 Å². The zero-order valence-electron chi connectivity index (χ0n) is 10.9. The summed E-state index contributed by atoms with van der Waals surface area (Å²) in [6.45, 7) is 8.11. The van der Waals surface area contributed by atoms with E-state index in [2.05, 4.69) is 14.9 Å². The van der Waals surface area contributed by atoms with Gasteiger partial charge in [0.25, 0.3) is 0 Å². The van der Waals surface area contributed by atoms with E-state index in [1.54, 1.807) is 6.92 Å². The highest BCUT2D eigenvalue weighted by Gasteiger charge is 2.20. The second kappa shape index (κ2) is 7.11. The molecule has 0 aromatic rings. The minimum atomic E-state index is -3.65. The van der Waals surface area contributed by atoms with Gasteiger partial charge in [-0.25, -0.2) is 9.65 Å². The van der Waals surface area contributed by atoms with Crippen LogP contribution in [0.15, 0.2) is 0 Å². The number of rotatable bonds is 7. The number of nitrogens with one attached hydrogen (secondary N) is 2. The molecule has 1 atom stereocenters. The molecule has 17 heavy (non-hydrogen) atoms. The lowest BCUT2D eigenvalue weighted by molar-refractivity contribution is -0.128. The molecule has 0 aliphatic heterocycles. The van der Waals surface area contributed by atoms with E-state index in [0.717, 1.165) is 0 Å². The highest BCUT2D eigenvalue weighted by atomic mass is 31.2. The lowest BCUT2D eigenvalue weighted by Crippen LogP contribution is -2.36. The minimum absolute atomic E-state index is 0.0329. The maximum atomic E-state index is 11.5. The SMILES string of the molecule is CCOP(=O)(O)NCCCNC(=O)C(C)(C)C. The fourth-order valence-corrected chi connectivity index (χ4v) is 1.88. The summed E-state index contributed by atoms with van der Waals surface area (Å²) in [6, 6.07) is 0. The molecule has 0 fully saturated rings. The Morgan fingerprint density at radius 2 is 1.94 bits per heavy atom. The van der Waals surface area contributed by atoms with Gasteiger partial charge in [-0.05, 0) is 13.3 Å². The van der Waals surface area contributed by atoms with E-state index in [1.165, 1.54) is 0 Å². The van der Waals surface area contributed by atoms with Gasteiger partial charge >= 0.3 is 7.75 Å². The first-order valence-electron chi connectivity index (χ1n) is 5.70. The van der Waals surface area contributed by atoms with Gasteiger partial charge in [0.2, 0.25) is 5.91 Å². The standard InChI is InChI=1S/C10H23N2O4P/c1-5-16-17(14,15)12-8-6-7-11-9(13)10(2,3)4/h5-8H2,1-4H3,(H,11,13)(H2,12,14,15). The summed E-state index contributed by atoms with van der Waals surface area (Å²) in [6.07, 6.45) is 0.569. The first kappa shape index (κ1) is 16.6. The molecular formula is C10H23N2O4P. The smallest absolute Gasteiger partial charge is 0.356 e. The van der Waals surface area contributed by atoms with Crippen LogP contribution in [0.3, 0.4) is 0 Å². The number of carbonyl (C=O) groups is 1. The molecule has 0 rings (SSSR count). The molecule has 0 heterocycles. The maximum Gasteiger partial charge on any atom is 0.402 e. The van der Waals surface area contributed by atoms with Crippen molar-refractivity contribution in [1.82, 2.24) is 10.4 Å². The number of amides is 1. The molecular weight excluding hydrogens is 243 g/mol. The second-order valence-electron chi connectivity index (χ2n) is 4.71. The molecule has 7 heteroatoms. The Hall–Kier alpha value is -0.420. The van der Waals surface area contributed by atoms with Crippen LogP contribution in [0.25, 0.3) is 0 Å². The predicted molar refractivity (Wildman–Crippen MR) is 66.5 cm³/mol. The third kappa shape index (κ3) is 8.32. The second-order valence-corrected chi connectivity index (χ2v) is 6.32. The van der Waals surface area contributed by atoms with Crippen molar-refractivity contribution in [2.75, 3.05) is 19.7 Å². The number of carbonyl (C=O) groups excluding carboxylic acids is 1. The van der Waals surface area contributed by atoms with Crippen LogP contribution in [0.2, 0.25) is 0 Å². The Balaban J connectivity index is 3.67. The number of hydrogen-bond donors (Lipinski definition) is 3. The highest BCUT2D eigenvalue weighted by molar-refractivity contribution is 7.50. The van der Waals surface area contributed by atoms with Gasteiger partial charge in [-0.2, -0.15) is 0 Å². The van der Waals surface area contributed by atoms with Crippen molar-refractivity contribution in [3.8, 4) is 0 Å². The summed E-state index contributed by atoms with van der Waals surface area (Å²) in [7, 11) is -3.65. The summed E-state index contributed by atoms with van der Waals surface area (Å²) >= 11 is 0. The van der Waals surface area contributed by atoms with Crippen molar-refractivity contribution in [3.63, 3.8) is 0 Å². The fourth-order valence-electron chi connectivity index (χ4n) is 0.996. The predicted octanol–water partition coefficient (Wildman–Crippen LogP) is 1.27. The normalized spacial score (nSPS) is 15.4. The third-order valence-electron chi connectivity index (χ3n) is 1.94. The molecule has 0 radical (unpaired) electrons. The Morgan fingerprint density at radius 1 is 1.35 bits per heavy atom. The summed E-state index contributed by atoms with van der Waals surface area (Å²) in [5.74, 6) is -0.0329. The van der Waals surface area contributed by atoms with Gasteiger partial charge in [0.15, 0.2) is 0 Å². The molecule has 0 bridgehead atoms. The molecule has 0 saturated carbocycles. The molecule has 0 spiro atoms. The first-order chi connectivity index (χ1) is 7.69. The highest BCUT2D eigenvalue weighted by Crippen LogP contribution is 2.35. The van der Waals surface area contributed by atoms with E-state index < -0.39 is 13.2 Å². The summed E-state index contributed by atoms with van der Waals surface area (Å²) in [5, 5.41) is 5.16. The van der Waals surface area contributed by atoms with Crippen molar-refractivity contribution in [3.05, 3.63) is 0 Å². The van der Waals surface area contributed by atoms with Gasteiger partial charge in [0, 0.05) is 18.5 Å². The van der Waals surface area contributed by atoms with Crippen LogP contribution in [-0.4, -0.2) is 30.5 Å². The zero-order chi connectivity index (χ0) is 13.5. The van der Waals surface area contributed by atoms with Crippen LogP contribution < -0.4 is 10.4 Å². The summed E-state index contributed by atoms with van der Waals surface area (Å²) in [4.78, 5) is 20.7. The molecule has 0 aromatic heterocycles. The van der Waals surface area contributed by atoms with Crippen molar-refractivity contribution >= 4 is 13.7 Å². The van der Waals surface area contributed by atoms with Crippen LogP contribution in [0.1, 0.15) is 34.1 Å². The van der Waals surface area contributed by atoms with E-state index in [4.69, 9.17) is 0 Å². The topological polar surface area (TPSA) is 87.7 Å². The van der Waals surface area contributed by atoms with Gasteiger partial charge in [-0.1, -0.05) is 20.8 Å². The molecule has 0 aliphatic carbocycles. The third-order valence-corrected chi connectivity index (χ3v) is 3.17. The van der Waals surface area contributed by atoms with E-state index in [0.29, 0.717) is 19.5 Å². The molecule has 3 N–H and O–H groups in total. The van der Waals surface area contributed by atoms with Crippen LogP contribution >= 0.6 is 7.75 Å². The quantitative estimate of drug-likeness (QED) is 0.477. The van der Waals surface area contributed by atoms with Gasteiger partial charge in [0.05, 0.1) is 6.61 Å². The Morgan fingerprint density at radius 3 is 2.41 bits per heavy atom. The maximum absolute atomic E-state index is 11.5. The summed E-state index contributed by atoms with van der Waals surface area (Å²) in [5.41, 5.74) is -0.412. The van der Waals surface area contributed by atoms with Gasteiger partial charge in [-0.15, -0.1) is 0 Å². The largest absolute Gasteiger partial charge is 0.402 e. The average Bonchev–Trinajstić information content (AvgIpc) is 2.15. The monoisotopic (exact) mass is 266 g/mol. The van der Waals surface area contributed by atoms with Crippen LogP contribution in [0.4, 0.5) is 0 Å². The summed E-state index contributed by atoms with van der Waals surface area (Å²) < 4.78 is 15.8. The van der Waals surface area contributed by atoms with Crippen LogP contribution in [0.5, 0.6) is 0 Å². The van der Waals surface area contributed by atoms with Crippen molar-refractivity contribution in [2.24, 2.45) is 5.41 Å². The van der Waals surface area contributed by atoms with E-state index in [9.17, 15) is 14.3 Å². The Labute approximate surface area is 103 Å². The van der Waals surface area contributed by atoms with E-state index in [1.807, 2.05) is 20.8 Å². The van der Waals surface area contributed by atoms with Crippen LogP contribution in [-0.2, 0) is 13.9 Å². The van der Waals surface area contributed by atoms with Crippen LogP contribution in [0, 0.1) is 5.41 Å². The fraction of sp³-hybridized carbons (Fsp3) is 0.900. The van der Waals surface area contributed by atoms with E-state index in [-0.39, 0.29) is 12.5 Å². The van der Waals surface area contributed by atoms with Crippen molar-refractivity contribution in [2.45, 2.75) is 34.1 Å². The molecule has 0 aromatic carbocycles. The van der Waals surface area contributed by atoms with Crippen molar-refractivity contribution in [1.29, 1.82) is 0 Å². The Kier molecular flexibility index (Phi) is 6.94. The first-order valence-corrected chi connectivity index (χ1v) is 7.27. The van der Waals surface area contributed by atoms with Gasteiger partial charge < -0.3 is 10.2 Å². The molecule has 0 saturated heterocycles. The molecule has 6 nitrogen and oxygen atoms in total. The molecule has 1 unspecified atom stereocenters. The van der Waals surface area contributed by atoms with E-state index >= 15 is 0 Å². The molecule has 1 amide bonds.